The molecule has 0 aliphatic carbocycles. The van der Waals surface area contributed by atoms with E-state index >= 15 is 0 Å². The Kier molecular flexibility index (Phi) is 6.71. The minimum absolute atomic E-state index is 0.294. The van der Waals surface area contributed by atoms with Crippen molar-refractivity contribution in [1.82, 2.24) is 0 Å². The van der Waals surface area contributed by atoms with Crippen molar-refractivity contribution in [3.05, 3.63) is 66.0 Å². The first-order valence-corrected chi connectivity index (χ1v) is 7.70. The molecule has 0 aliphatic heterocycles. The number of halogens is 1. The quantitative estimate of drug-likeness (QED) is 0.618. The molecular weight excluding hydrogens is 325 g/mol. The number of amides is 1. The SMILES string of the molecule is CCOc1ccccc1/C=C/C(=O)OCC(=O)Nc1cccc(F)c1. The van der Waals surface area contributed by atoms with Crippen molar-refractivity contribution in [3.8, 4) is 5.75 Å². The zero-order valence-corrected chi connectivity index (χ0v) is 13.7. The van der Waals surface area contributed by atoms with Crippen LogP contribution in [0, 0.1) is 5.82 Å². The number of esters is 1. The van der Waals surface area contributed by atoms with Crippen LogP contribution in [0.25, 0.3) is 6.08 Å². The third-order valence-electron chi connectivity index (χ3n) is 3.07. The predicted molar refractivity (Wildman–Crippen MR) is 92.6 cm³/mol. The van der Waals surface area contributed by atoms with Crippen LogP contribution in [-0.2, 0) is 14.3 Å². The van der Waals surface area contributed by atoms with Gasteiger partial charge >= 0.3 is 5.97 Å². The minimum Gasteiger partial charge on any atom is -0.493 e. The average molecular weight is 343 g/mol. The maximum Gasteiger partial charge on any atom is 0.331 e. The highest BCUT2D eigenvalue weighted by Crippen LogP contribution is 2.19. The van der Waals surface area contributed by atoms with Crippen LogP contribution in [0.4, 0.5) is 10.1 Å². The second kappa shape index (κ2) is 9.22. The molecule has 6 heteroatoms. The van der Waals surface area contributed by atoms with Gasteiger partial charge in [0.25, 0.3) is 5.91 Å². The van der Waals surface area contributed by atoms with E-state index < -0.39 is 24.3 Å². The van der Waals surface area contributed by atoms with Gasteiger partial charge in [-0.15, -0.1) is 0 Å². The molecule has 0 fully saturated rings. The first-order chi connectivity index (χ1) is 12.1. The van der Waals surface area contributed by atoms with Crippen LogP contribution < -0.4 is 10.1 Å². The second-order valence-electron chi connectivity index (χ2n) is 4.97. The number of anilines is 1. The number of carbonyl (C=O) groups is 2. The van der Waals surface area contributed by atoms with Gasteiger partial charge in [-0.2, -0.15) is 0 Å². The zero-order chi connectivity index (χ0) is 18.1. The number of rotatable bonds is 7. The Balaban J connectivity index is 1.85. The summed E-state index contributed by atoms with van der Waals surface area (Å²) in [6.07, 6.45) is 2.77. The lowest BCUT2D eigenvalue weighted by molar-refractivity contribution is -0.142. The van der Waals surface area contributed by atoms with Gasteiger partial charge < -0.3 is 14.8 Å². The van der Waals surface area contributed by atoms with Gasteiger partial charge in [0.1, 0.15) is 11.6 Å². The first kappa shape index (κ1) is 18.2. The molecular formula is C19H18FNO4. The summed E-state index contributed by atoms with van der Waals surface area (Å²) in [6.45, 7) is 1.91. The highest BCUT2D eigenvalue weighted by molar-refractivity contribution is 5.94. The summed E-state index contributed by atoms with van der Waals surface area (Å²) in [5.41, 5.74) is 1.02. The number of nitrogens with one attached hydrogen (secondary N) is 1. The number of benzene rings is 2. The predicted octanol–water partition coefficient (Wildman–Crippen LogP) is 3.42. The van der Waals surface area contributed by atoms with Gasteiger partial charge in [0.2, 0.25) is 0 Å². The molecule has 2 rings (SSSR count). The Bertz CT molecular complexity index is 774. The third kappa shape index (κ3) is 6.10. The molecule has 0 saturated carbocycles. The van der Waals surface area contributed by atoms with Crippen LogP contribution >= 0.6 is 0 Å². The molecule has 0 unspecified atom stereocenters. The van der Waals surface area contributed by atoms with Gasteiger partial charge in [-0.1, -0.05) is 24.3 Å². The third-order valence-corrected chi connectivity index (χ3v) is 3.07. The normalized spacial score (nSPS) is 10.5. The number of hydrogen-bond donors (Lipinski definition) is 1. The van der Waals surface area contributed by atoms with Gasteiger partial charge in [-0.3, -0.25) is 4.79 Å². The van der Waals surface area contributed by atoms with Crippen molar-refractivity contribution in [2.45, 2.75) is 6.92 Å². The maximum absolute atomic E-state index is 13.0. The fourth-order valence-corrected chi connectivity index (χ4v) is 2.01. The summed E-state index contributed by atoms with van der Waals surface area (Å²) < 4.78 is 23.3. The molecule has 130 valence electrons. The topological polar surface area (TPSA) is 64.6 Å². The van der Waals surface area contributed by atoms with E-state index in [2.05, 4.69) is 5.32 Å². The van der Waals surface area contributed by atoms with Crippen LogP contribution in [-0.4, -0.2) is 25.1 Å². The molecule has 0 heterocycles. The summed E-state index contributed by atoms with van der Waals surface area (Å²) in [6, 6.07) is 12.7. The van der Waals surface area contributed by atoms with Gasteiger partial charge in [-0.25, -0.2) is 9.18 Å². The lowest BCUT2D eigenvalue weighted by atomic mass is 10.2. The van der Waals surface area contributed by atoms with E-state index in [1.54, 1.807) is 18.2 Å². The number of hydrogen-bond acceptors (Lipinski definition) is 4. The van der Waals surface area contributed by atoms with Crippen molar-refractivity contribution in [1.29, 1.82) is 0 Å². The molecule has 2 aromatic rings. The molecule has 0 saturated heterocycles. The van der Waals surface area contributed by atoms with E-state index in [4.69, 9.17) is 9.47 Å². The smallest absolute Gasteiger partial charge is 0.331 e. The Hall–Kier alpha value is -3.15. The molecule has 0 aliphatic rings. The summed E-state index contributed by atoms with van der Waals surface area (Å²) in [4.78, 5) is 23.4. The minimum atomic E-state index is -0.666. The summed E-state index contributed by atoms with van der Waals surface area (Å²) in [5.74, 6) is -1.04. The Morgan fingerprint density at radius 1 is 1.16 bits per heavy atom. The van der Waals surface area contributed by atoms with Gasteiger partial charge in [0.15, 0.2) is 6.61 Å². The van der Waals surface area contributed by atoms with Crippen LogP contribution in [0.5, 0.6) is 5.75 Å². The molecule has 2 aromatic carbocycles. The fourth-order valence-electron chi connectivity index (χ4n) is 2.01. The van der Waals surface area contributed by atoms with E-state index in [0.717, 1.165) is 5.56 Å². The standard InChI is InChI=1S/C19H18FNO4/c1-2-24-17-9-4-3-6-14(17)10-11-19(23)25-13-18(22)21-16-8-5-7-15(20)12-16/h3-12H,2,13H2,1H3,(H,21,22)/b11-10+. The highest BCUT2D eigenvalue weighted by Gasteiger charge is 2.07. The van der Waals surface area contributed by atoms with Gasteiger partial charge in [-0.05, 0) is 37.3 Å². The average Bonchev–Trinajstić information content (AvgIpc) is 2.59. The first-order valence-electron chi connectivity index (χ1n) is 7.70. The fraction of sp³-hybridized carbons (Fsp3) is 0.158. The maximum atomic E-state index is 13.0. The number of carbonyl (C=O) groups excluding carboxylic acids is 2. The van der Waals surface area contributed by atoms with Crippen molar-refractivity contribution in [3.63, 3.8) is 0 Å². The second-order valence-corrected chi connectivity index (χ2v) is 4.97. The molecule has 0 bridgehead atoms. The monoisotopic (exact) mass is 343 g/mol. The Morgan fingerprint density at radius 3 is 2.72 bits per heavy atom. The number of ether oxygens (including phenoxy) is 2. The van der Waals surface area contributed by atoms with Crippen molar-refractivity contribution in [2.24, 2.45) is 0 Å². The van der Waals surface area contributed by atoms with Crippen molar-refractivity contribution in [2.75, 3.05) is 18.5 Å². The van der Waals surface area contributed by atoms with Crippen LogP contribution in [0.15, 0.2) is 54.6 Å². The highest BCUT2D eigenvalue weighted by atomic mass is 19.1. The van der Waals surface area contributed by atoms with E-state index in [9.17, 15) is 14.0 Å². The Labute approximate surface area is 145 Å². The summed E-state index contributed by atoms with van der Waals surface area (Å²) in [5, 5.41) is 2.44. The van der Waals surface area contributed by atoms with Crippen LogP contribution in [0.2, 0.25) is 0 Å². The molecule has 5 nitrogen and oxygen atoms in total. The molecule has 0 radical (unpaired) electrons. The van der Waals surface area contributed by atoms with E-state index in [0.29, 0.717) is 18.0 Å². The van der Waals surface area contributed by atoms with E-state index in [-0.39, 0.29) is 0 Å². The summed E-state index contributed by atoms with van der Waals surface area (Å²) >= 11 is 0. The van der Waals surface area contributed by atoms with E-state index in [1.165, 1.54) is 30.3 Å². The lowest BCUT2D eigenvalue weighted by Gasteiger charge is -2.06. The zero-order valence-electron chi connectivity index (χ0n) is 13.7. The van der Waals surface area contributed by atoms with Crippen LogP contribution in [0.1, 0.15) is 12.5 Å². The summed E-state index contributed by atoms with van der Waals surface area (Å²) in [7, 11) is 0. The van der Waals surface area contributed by atoms with E-state index in [1.807, 2.05) is 19.1 Å². The molecule has 0 spiro atoms. The number of para-hydroxylation sites is 1. The molecule has 1 N–H and O–H groups in total. The molecule has 0 aromatic heterocycles. The van der Waals surface area contributed by atoms with Crippen molar-refractivity contribution < 1.29 is 23.5 Å². The Morgan fingerprint density at radius 2 is 1.96 bits per heavy atom. The molecule has 25 heavy (non-hydrogen) atoms. The van der Waals surface area contributed by atoms with Gasteiger partial charge in [0, 0.05) is 17.3 Å². The van der Waals surface area contributed by atoms with Crippen molar-refractivity contribution >= 4 is 23.6 Å². The molecule has 0 atom stereocenters. The van der Waals surface area contributed by atoms with Crippen LogP contribution in [0.3, 0.4) is 0 Å². The molecule has 1 amide bonds. The van der Waals surface area contributed by atoms with Gasteiger partial charge in [0.05, 0.1) is 6.61 Å². The largest absolute Gasteiger partial charge is 0.493 e. The lowest BCUT2D eigenvalue weighted by Crippen LogP contribution is -2.20.